The Hall–Kier alpha value is -0.680. The second-order valence-corrected chi connectivity index (χ2v) is 10.8. The van der Waals surface area contributed by atoms with Crippen molar-refractivity contribution in [3.8, 4) is 0 Å². The van der Waals surface area contributed by atoms with Gasteiger partial charge < -0.3 is 10.2 Å². The smallest absolute Gasteiger partial charge is 0.308 e. The van der Waals surface area contributed by atoms with Crippen molar-refractivity contribution in [2.75, 3.05) is 0 Å². The first kappa shape index (κ1) is 18.7. The summed E-state index contributed by atoms with van der Waals surface area (Å²) in [6.45, 7) is 14.3. The molecule has 2 bridgehead atoms. The molecule has 0 spiro atoms. The van der Waals surface area contributed by atoms with Gasteiger partial charge in [0.2, 0.25) is 0 Å². The van der Waals surface area contributed by atoms with Crippen molar-refractivity contribution in [2.45, 2.75) is 71.5 Å². The number of aliphatic hydroxyl groups is 1. The second kappa shape index (κ2) is 5.69. The first-order valence-electron chi connectivity index (χ1n) is 8.33. The predicted molar refractivity (Wildman–Crippen MR) is 92.6 cm³/mol. The van der Waals surface area contributed by atoms with E-state index in [-0.39, 0.29) is 22.0 Å². The number of carbonyl (C=O) groups is 1. The fraction of sp³-hybridized carbons (Fsp3) is 0.833. The molecule has 4 nitrogen and oxygen atoms in total. The minimum atomic E-state index is -1.22. The Balaban J connectivity index is 2.67. The molecule has 2 rings (SSSR count). The van der Waals surface area contributed by atoms with Crippen LogP contribution in [0.25, 0.3) is 0 Å². The van der Waals surface area contributed by atoms with E-state index in [0.29, 0.717) is 6.42 Å². The lowest BCUT2D eigenvalue weighted by atomic mass is 9.62. The second-order valence-electron chi connectivity index (χ2n) is 9.11. The Morgan fingerprint density at radius 3 is 1.87 bits per heavy atom. The molecule has 2 unspecified atom stereocenters. The van der Waals surface area contributed by atoms with Crippen LogP contribution in [-0.2, 0) is 15.6 Å². The van der Waals surface area contributed by atoms with Crippen molar-refractivity contribution in [3.63, 3.8) is 0 Å². The van der Waals surface area contributed by atoms with Gasteiger partial charge in [-0.2, -0.15) is 0 Å². The number of hydrogen-bond acceptors (Lipinski definition) is 3. The van der Waals surface area contributed by atoms with Gasteiger partial charge in [-0.1, -0.05) is 41.5 Å². The third-order valence-corrected chi connectivity index (χ3v) is 7.17. The van der Waals surface area contributed by atoms with E-state index in [0.717, 1.165) is 11.1 Å². The van der Waals surface area contributed by atoms with Gasteiger partial charge in [0.05, 0.1) is 22.5 Å². The molecule has 132 valence electrons. The van der Waals surface area contributed by atoms with Crippen molar-refractivity contribution in [1.82, 2.24) is 0 Å². The molecule has 2 aliphatic heterocycles. The van der Waals surface area contributed by atoms with Gasteiger partial charge in [0, 0.05) is 10.8 Å². The molecule has 0 aromatic carbocycles. The van der Waals surface area contributed by atoms with Crippen LogP contribution in [0, 0.1) is 22.7 Å². The van der Waals surface area contributed by atoms with Crippen molar-refractivity contribution in [1.29, 1.82) is 0 Å². The number of carboxylic acids is 1. The van der Waals surface area contributed by atoms with Crippen molar-refractivity contribution in [3.05, 3.63) is 11.1 Å². The SMILES string of the molecule is CC(O)C[C@H]1[C@H](C(=O)O)[C@H]2C(C(C)(C)C)=C(C(C)(C)C)[C@@H]1S2=O. The largest absolute Gasteiger partial charge is 0.481 e. The van der Waals surface area contributed by atoms with E-state index in [1.54, 1.807) is 6.92 Å². The molecule has 5 heteroatoms. The minimum Gasteiger partial charge on any atom is -0.481 e. The Bertz CT molecular complexity index is 563. The van der Waals surface area contributed by atoms with Crippen LogP contribution in [0.5, 0.6) is 0 Å². The molecule has 1 saturated heterocycles. The fourth-order valence-electron chi connectivity index (χ4n) is 4.46. The zero-order valence-electron chi connectivity index (χ0n) is 15.2. The molecule has 6 atom stereocenters. The summed E-state index contributed by atoms with van der Waals surface area (Å²) in [6, 6.07) is 0. The molecule has 0 saturated carbocycles. The molecule has 2 heterocycles. The van der Waals surface area contributed by atoms with Gasteiger partial charge in [-0.15, -0.1) is 0 Å². The zero-order valence-corrected chi connectivity index (χ0v) is 16.0. The van der Waals surface area contributed by atoms with E-state index in [1.165, 1.54) is 0 Å². The van der Waals surface area contributed by atoms with Gasteiger partial charge in [0.1, 0.15) is 0 Å². The minimum absolute atomic E-state index is 0.155. The third kappa shape index (κ3) is 3.02. The number of hydrogen-bond donors (Lipinski definition) is 2. The maximum absolute atomic E-state index is 13.1. The molecule has 2 aliphatic rings. The van der Waals surface area contributed by atoms with Gasteiger partial charge in [-0.05, 0) is 41.2 Å². The standard InChI is InChI=1S/C18H30O4S/c1-9(19)8-10-11(16(20)21)15-13(18(5,6)7)12(17(2,3)4)14(10)23(15)22/h9-11,14-15,19H,8H2,1-7H3,(H,20,21)/t9?,10-,11-,14+,15-,23?/m0/s1. The van der Waals surface area contributed by atoms with Gasteiger partial charge in [0.25, 0.3) is 0 Å². The molecule has 0 aromatic rings. The summed E-state index contributed by atoms with van der Waals surface area (Å²) in [4.78, 5) is 11.9. The van der Waals surface area contributed by atoms with Crippen LogP contribution in [0.3, 0.4) is 0 Å². The van der Waals surface area contributed by atoms with Crippen LogP contribution < -0.4 is 0 Å². The molecule has 0 radical (unpaired) electrons. The highest BCUT2D eigenvalue weighted by molar-refractivity contribution is 7.87. The Kier molecular flexibility index (Phi) is 4.62. The molecule has 2 N–H and O–H groups in total. The van der Waals surface area contributed by atoms with E-state index in [4.69, 9.17) is 0 Å². The van der Waals surface area contributed by atoms with E-state index in [1.807, 2.05) is 0 Å². The molecule has 0 amide bonds. The first-order chi connectivity index (χ1) is 10.3. The highest BCUT2D eigenvalue weighted by Gasteiger charge is 2.63. The lowest BCUT2D eigenvalue weighted by Crippen LogP contribution is -2.41. The summed E-state index contributed by atoms with van der Waals surface area (Å²) >= 11 is 0. The third-order valence-electron chi connectivity index (χ3n) is 5.05. The summed E-state index contributed by atoms with van der Waals surface area (Å²) in [7, 11) is -1.22. The lowest BCUT2D eigenvalue weighted by molar-refractivity contribution is -0.143. The van der Waals surface area contributed by atoms with Crippen molar-refractivity contribution >= 4 is 16.8 Å². The summed E-state index contributed by atoms with van der Waals surface area (Å²) in [5, 5.41) is 18.9. The van der Waals surface area contributed by atoms with Crippen LogP contribution in [-0.4, -0.2) is 37.0 Å². The molecular formula is C18H30O4S. The number of aliphatic hydroxyl groups excluding tert-OH is 1. The van der Waals surface area contributed by atoms with Crippen molar-refractivity contribution in [2.24, 2.45) is 22.7 Å². The molecule has 23 heavy (non-hydrogen) atoms. The average molecular weight is 343 g/mol. The number of aliphatic carboxylic acids is 1. The first-order valence-corrected chi connectivity index (χ1v) is 9.61. The number of fused-ring (bicyclic) bond motifs is 2. The zero-order chi connectivity index (χ0) is 17.9. The van der Waals surface area contributed by atoms with Crippen LogP contribution in [0.15, 0.2) is 11.1 Å². The molecular weight excluding hydrogens is 312 g/mol. The normalized spacial score (nSPS) is 35.7. The number of rotatable bonds is 3. The number of carboxylic acid groups (broad SMARTS) is 1. The van der Waals surface area contributed by atoms with E-state index in [9.17, 15) is 19.2 Å². The summed E-state index contributed by atoms with van der Waals surface area (Å²) in [5.41, 5.74) is 1.87. The topological polar surface area (TPSA) is 74.6 Å². The lowest BCUT2D eigenvalue weighted by Gasteiger charge is -2.40. The quantitative estimate of drug-likeness (QED) is 0.773. The van der Waals surface area contributed by atoms with E-state index >= 15 is 0 Å². The maximum atomic E-state index is 13.1. The Morgan fingerprint density at radius 2 is 1.52 bits per heavy atom. The van der Waals surface area contributed by atoms with Crippen molar-refractivity contribution < 1.29 is 19.2 Å². The van der Waals surface area contributed by atoms with Crippen LogP contribution in [0.1, 0.15) is 54.9 Å². The van der Waals surface area contributed by atoms with Gasteiger partial charge in [0.15, 0.2) is 0 Å². The Morgan fingerprint density at radius 1 is 1.09 bits per heavy atom. The van der Waals surface area contributed by atoms with Crippen LogP contribution in [0.4, 0.5) is 0 Å². The Labute approximate surface area is 141 Å². The van der Waals surface area contributed by atoms with Crippen LogP contribution in [0.2, 0.25) is 0 Å². The van der Waals surface area contributed by atoms with E-state index < -0.39 is 34.0 Å². The van der Waals surface area contributed by atoms with Gasteiger partial charge in [-0.25, -0.2) is 0 Å². The molecule has 0 aliphatic carbocycles. The van der Waals surface area contributed by atoms with Gasteiger partial charge >= 0.3 is 5.97 Å². The molecule has 0 aromatic heterocycles. The fourth-order valence-corrected chi connectivity index (χ4v) is 7.43. The monoisotopic (exact) mass is 342 g/mol. The highest BCUT2D eigenvalue weighted by Crippen LogP contribution is 2.59. The summed E-state index contributed by atoms with van der Waals surface area (Å²) in [5.74, 6) is -1.79. The van der Waals surface area contributed by atoms with E-state index in [2.05, 4.69) is 41.5 Å². The average Bonchev–Trinajstić information content (AvgIpc) is 2.74. The van der Waals surface area contributed by atoms with Crippen LogP contribution >= 0.6 is 0 Å². The summed E-state index contributed by atoms with van der Waals surface area (Å²) < 4.78 is 13.1. The van der Waals surface area contributed by atoms with Gasteiger partial charge in [-0.3, -0.25) is 9.00 Å². The highest BCUT2D eigenvalue weighted by atomic mass is 32.2. The molecule has 1 fully saturated rings. The predicted octanol–water partition coefficient (Wildman–Crippen LogP) is 2.98. The maximum Gasteiger partial charge on any atom is 0.308 e. The summed E-state index contributed by atoms with van der Waals surface area (Å²) in [6.07, 6.45) is -0.196.